The Morgan fingerprint density at radius 2 is 0.500 bits per heavy atom. The maximum absolute atomic E-state index is 6.31. The first-order valence-corrected chi connectivity index (χ1v) is 41.5. The average Bonchev–Trinajstić information content (AvgIpc) is 1.53. The van der Waals surface area contributed by atoms with Crippen molar-refractivity contribution in [3.8, 4) is 100 Å². The summed E-state index contributed by atoms with van der Waals surface area (Å²) in [6.45, 7) is 4.78. The van der Waals surface area contributed by atoms with E-state index in [-0.39, 0.29) is 5.41 Å². The Bertz CT molecular complexity index is 7530. The fourth-order valence-electron chi connectivity index (χ4n) is 19.5. The summed E-state index contributed by atoms with van der Waals surface area (Å²) in [4.78, 5) is 4.84. The lowest BCUT2D eigenvalue weighted by Gasteiger charge is -2.35. The van der Waals surface area contributed by atoms with E-state index < -0.39 is 5.41 Å². The smallest absolute Gasteiger partial charge is 0.136 e. The highest BCUT2D eigenvalue weighted by atomic mass is 16.3. The Hall–Kier alpha value is -15.4. The summed E-state index contributed by atoms with van der Waals surface area (Å²) >= 11 is 0. The summed E-state index contributed by atoms with van der Waals surface area (Å²) in [5.74, 6) is 0. The highest BCUT2D eigenvalue weighted by Crippen LogP contribution is 2.58. The van der Waals surface area contributed by atoms with Gasteiger partial charge in [-0.05, 0) is 272 Å². The van der Waals surface area contributed by atoms with Gasteiger partial charge in [0.15, 0.2) is 0 Å². The molecule has 120 heavy (non-hydrogen) atoms. The third-order valence-corrected chi connectivity index (χ3v) is 25.6. The van der Waals surface area contributed by atoms with E-state index in [9.17, 15) is 0 Å². The highest BCUT2D eigenvalue weighted by molar-refractivity contribution is 6.07. The molecule has 0 fully saturated rings. The minimum absolute atomic E-state index is 0.278. The predicted molar refractivity (Wildman–Crippen MR) is 501 cm³/mol. The van der Waals surface area contributed by atoms with E-state index in [1.54, 1.807) is 0 Å². The zero-order valence-electron chi connectivity index (χ0n) is 66.3. The van der Waals surface area contributed by atoms with E-state index in [4.69, 9.17) is 8.83 Å². The largest absolute Gasteiger partial charge is 0.456 e. The monoisotopic (exact) mass is 1530 g/mol. The molecule has 2 aliphatic rings. The van der Waals surface area contributed by atoms with Gasteiger partial charge in [-0.15, -0.1) is 0 Å². The van der Waals surface area contributed by atoms with Crippen LogP contribution >= 0.6 is 0 Å². The summed E-state index contributed by atoms with van der Waals surface area (Å²) in [5, 5.41) is 6.89. The lowest BCUT2D eigenvalue weighted by Crippen LogP contribution is -2.28. The molecule has 2 aliphatic carbocycles. The molecule has 0 saturated heterocycles. The van der Waals surface area contributed by atoms with Crippen LogP contribution in [0.4, 0.5) is 34.1 Å². The summed E-state index contributed by atoms with van der Waals surface area (Å²) in [6, 6.07) is 161. The van der Waals surface area contributed by atoms with E-state index >= 15 is 0 Å². The number of fused-ring (bicyclic) bond motifs is 13. The molecule has 0 spiro atoms. The van der Waals surface area contributed by atoms with Gasteiger partial charge in [0.05, 0.1) is 5.41 Å². The number of benzene rings is 19. The molecule has 4 heteroatoms. The number of hydrogen-bond donors (Lipinski definition) is 0. The lowest BCUT2D eigenvalue weighted by atomic mass is 9.67. The molecular formula is C116H78N2O2. The van der Waals surface area contributed by atoms with Crippen LogP contribution in [0.15, 0.2) is 446 Å². The zero-order valence-corrected chi connectivity index (χ0v) is 66.3. The summed E-state index contributed by atoms with van der Waals surface area (Å²) in [6.07, 6.45) is 0. The standard InChI is InChI=1S/C116H78N2O2/c1-115(2)108-70-88(52-62-100(108)101-65-60-97(73-109(101)115)117(93-25-10-5-11-26-93)94-55-47-79(48-56-94)77-35-33-75(34-36-77)76-37-41-81(42-38-76)89-53-63-105-103-28-13-16-31-111(103)119-113(105)71-89)84-20-18-19-83(67-84)85-45-46-87-69-96(59-51-86(87)68-85)118(95-57-49-80(50-58-95)78-39-43-82(44-40-78)90-54-64-106-104-29-14-17-32-112(104)120-114(106)72-90)98-61-66-102-99-27-12-15-30-107(99)116(110(102)74-98,91-21-6-3-7-22-91)92-23-8-4-9-24-92/h3-74H,1-2H3. The third kappa shape index (κ3) is 11.7. The molecule has 0 bridgehead atoms. The molecule has 4 nitrogen and oxygen atoms in total. The van der Waals surface area contributed by atoms with Crippen LogP contribution in [0.3, 0.4) is 0 Å². The third-order valence-electron chi connectivity index (χ3n) is 25.6. The summed E-state index contributed by atoms with van der Waals surface area (Å²) < 4.78 is 12.5. The Morgan fingerprint density at radius 1 is 0.183 bits per heavy atom. The molecule has 23 rings (SSSR count). The number of rotatable bonds is 15. The first kappa shape index (κ1) is 70.1. The van der Waals surface area contributed by atoms with Gasteiger partial charge in [-0.2, -0.15) is 0 Å². The Labute approximate surface area is 697 Å². The van der Waals surface area contributed by atoms with Gasteiger partial charge >= 0.3 is 0 Å². The first-order valence-electron chi connectivity index (χ1n) is 41.5. The first-order chi connectivity index (χ1) is 59.2. The van der Waals surface area contributed by atoms with Gasteiger partial charge in [0, 0.05) is 61.1 Å². The van der Waals surface area contributed by atoms with Crippen LogP contribution in [0.2, 0.25) is 0 Å². The van der Waals surface area contributed by atoms with Crippen LogP contribution in [0.25, 0.3) is 155 Å². The van der Waals surface area contributed by atoms with E-state index in [0.717, 1.165) is 117 Å². The van der Waals surface area contributed by atoms with Crippen LogP contribution in [0.1, 0.15) is 47.2 Å². The van der Waals surface area contributed by atoms with E-state index in [1.807, 2.05) is 24.3 Å². The van der Waals surface area contributed by atoms with Gasteiger partial charge in [-0.25, -0.2) is 0 Å². The van der Waals surface area contributed by atoms with Crippen molar-refractivity contribution in [3.63, 3.8) is 0 Å². The van der Waals surface area contributed by atoms with Gasteiger partial charge in [0.2, 0.25) is 0 Å². The van der Waals surface area contributed by atoms with Crippen LogP contribution < -0.4 is 9.80 Å². The Morgan fingerprint density at radius 3 is 1.03 bits per heavy atom. The lowest BCUT2D eigenvalue weighted by molar-refractivity contribution is 0.660. The molecule has 19 aromatic carbocycles. The van der Waals surface area contributed by atoms with Crippen LogP contribution in [0, 0.1) is 0 Å². The fourth-order valence-corrected chi connectivity index (χ4v) is 19.5. The Kier molecular flexibility index (Phi) is 16.5. The molecule has 0 N–H and O–H groups in total. The topological polar surface area (TPSA) is 32.8 Å². The minimum Gasteiger partial charge on any atom is -0.456 e. The van der Waals surface area contributed by atoms with Crippen molar-refractivity contribution in [3.05, 3.63) is 470 Å². The second-order valence-corrected chi connectivity index (χ2v) is 32.7. The van der Waals surface area contributed by atoms with Crippen molar-refractivity contribution >= 4 is 88.8 Å². The number of para-hydroxylation sites is 3. The number of anilines is 6. The number of nitrogens with zero attached hydrogens (tertiary/aromatic N) is 2. The normalized spacial score (nSPS) is 12.9. The van der Waals surface area contributed by atoms with E-state index in [2.05, 4.69) is 436 Å². The summed E-state index contributed by atoms with van der Waals surface area (Å²) in [7, 11) is 0. The van der Waals surface area contributed by atoms with Crippen LogP contribution in [-0.2, 0) is 10.8 Å². The van der Waals surface area contributed by atoms with Gasteiger partial charge in [-0.3, -0.25) is 0 Å². The van der Waals surface area contributed by atoms with Crippen molar-refractivity contribution in [2.45, 2.75) is 24.7 Å². The van der Waals surface area contributed by atoms with Crippen LogP contribution in [-0.4, -0.2) is 0 Å². The van der Waals surface area contributed by atoms with Crippen LogP contribution in [0.5, 0.6) is 0 Å². The molecule has 0 unspecified atom stereocenters. The van der Waals surface area contributed by atoms with Crippen molar-refractivity contribution in [1.29, 1.82) is 0 Å². The molecule has 0 amide bonds. The molecule has 2 heterocycles. The highest BCUT2D eigenvalue weighted by Gasteiger charge is 2.46. The Balaban J connectivity index is 0.529. The molecule has 2 aromatic heterocycles. The predicted octanol–water partition coefficient (Wildman–Crippen LogP) is 31.9. The molecule has 0 radical (unpaired) electrons. The number of hydrogen-bond acceptors (Lipinski definition) is 4. The van der Waals surface area contributed by atoms with Crippen molar-refractivity contribution in [2.24, 2.45) is 0 Å². The number of furan rings is 2. The van der Waals surface area contributed by atoms with E-state index in [1.165, 1.54) is 106 Å². The maximum atomic E-state index is 6.31. The molecule has 0 atom stereocenters. The fraction of sp³-hybridized carbons (Fsp3) is 0.0345. The second-order valence-electron chi connectivity index (χ2n) is 32.7. The van der Waals surface area contributed by atoms with Gasteiger partial charge in [0.1, 0.15) is 22.3 Å². The molecule has 564 valence electrons. The van der Waals surface area contributed by atoms with Crippen molar-refractivity contribution < 1.29 is 8.83 Å². The quantitative estimate of drug-likeness (QED) is 0.102. The SMILES string of the molecule is CC1(C)c2cc(-c3cccc(-c4ccc5cc(N(c6ccc(-c7ccc(-c8ccc9c(c8)oc8ccccc89)cc7)cc6)c6ccc7c(c6)C(c6ccccc6)(c6ccccc6)c6ccccc6-7)ccc5c4)c3)ccc2-c2ccc(N(c3ccccc3)c3ccc(-c4ccc(-c5ccc(-c6ccc7c(c6)oc6ccccc67)cc5)cc4)cc3)cc21. The maximum Gasteiger partial charge on any atom is 0.136 e. The molecule has 21 aromatic rings. The average molecular weight is 1530 g/mol. The van der Waals surface area contributed by atoms with E-state index in [0.29, 0.717) is 0 Å². The van der Waals surface area contributed by atoms with Crippen molar-refractivity contribution in [1.82, 2.24) is 0 Å². The molecule has 0 saturated carbocycles. The summed E-state index contributed by atoms with van der Waals surface area (Å²) in [5.41, 5.74) is 38.3. The molecular weight excluding hydrogens is 1450 g/mol. The minimum atomic E-state index is -0.567. The van der Waals surface area contributed by atoms with Crippen molar-refractivity contribution in [2.75, 3.05) is 9.80 Å². The second kappa shape index (κ2) is 28.2. The van der Waals surface area contributed by atoms with Gasteiger partial charge < -0.3 is 18.6 Å². The molecule has 0 aliphatic heterocycles. The zero-order chi connectivity index (χ0) is 79.6. The van der Waals surface area contributed by atoms with Gasteiger partial charge in [0.25, 0.3) is 0 Å². The van der Waals surface area contributed by atoms with Gasteiger partial charge in [-0.1, -0.05) is 323 Å².